The second kappa shape index (κ2) is 10.8. The van der Waals surface area contributed by atoms with E-state index < -0.39 is 55.3 Å². The van der Waals surface area contributed by atoms with Gasteiger partial charge in [0.15, 0.2) is 0 Å². The topological polar surface area (TPSA) is 126 Å². The van der Waals surface area contributed by atoms with Gasteiger partial charge in [-0.25, -0.2) is 4.79 Å². The van der Waals surface area contributed by atoms with Crippen molar-refractivity contribution < 1.29 is 53.1 Å². The Morgan fingerprint density at radius 3 is 2.41 bits per heavy atom. The molecule has 1 aliphatic rings. The SMILES string of the molecule is CCCN1c2cc(NS(=O)(=O)C(F)(F)F)c(N=Nc3nnc(C(=O)OC(F)(F)C(F)(F)F)s3)cc2CCC1C. The van der Waals surface area contributed by atoms with Gasteiger partial charge in [-0.1, -0.05) is 18.3 Å². The number of azo groups is 1. The van der Waals surface area contributed by atoms with Crippen LogP contribution in [0.15, 0.2) is 22.4 Å². The van der Waals surface area contributed by atoms with Gasteiger partial charge in [0.1, 0.15) is 5.69 Å². The monoisotopic (exact) mass is 610 g/mol. The van der Waals surface area contributed by atoms with Crippen molar-refractivity contribution in [3.8, 4) is 0 Å². The van der Waals surface area contributed by atoms with E-state index in [1.165, 1.54) is 16.9 Å². The molecule has 1 unspecified atom stereocenters. The molecule has 3 rings (SSSR count). The number of nitrogens with one attached hydrogen (secondary N) is 1. The molecule has 2 aromatic rings. The second-order valence-corrected chi connectivity index (χ2v) is 10.8. The largest absolute Gasteiger partial charge is 0.516 e. The normalized spacial score (nSPS) is 16.9. The van der Waals surface area contributed by atoms with Gasteiger partial charge >= 0.3 is 33.8 Å². The second-order valence-electron chi connectivity index (χ2n) is 8.12. The molecular formula is C19H18F8N6O4S2. The lowest BCUT2D eigenvalue weighted by Crippen LogP contribution is -2.40. The first-order valence-corrected chi connectivity index (χ1v) is 13.1. The van der Waals surface area contributed by atoms with Gasteiger partial charge in [-0.3, -0.25) is 4.72 Å². The zero-order valence-corrected chi connectivity index (χ0v) is 21.4. The molecule has 1 aromatic carbocycles. The Hall–Kier alpha value is -3.16. The van der Waals surface area contributed by atoms with Crippen molar-refractivity contribution in [1.29, 1.82) is 0 Å². The van der Waals surface area contributed by atoms with Gasteiger partial charge in [0.05, 0.1) is 5.69 Å². The van der Waals surface area contributed by atoms with E-state index in [1.807, 2.05) is 18.7 Å². The minimum atomic E-state index is -6.19. The summed E-state index contributed by atoms with van der Waals surface area (Å²) in [7, 11) is -5.88. The van der Waals surface area contributed by atoms with Crippen LogP contribution in [0.1, 0.15) is 42.1 Å². The van der Waals surface area contributed by atoms with Crippen LogP contribution in [-0.4, -0.2) is 55.0 Å². The maximum Gasteiger partial charge on any atom is 0.516 e. The fourth-order valence-electron chi connectivity index (χ4n) is 3.45. The predicted molar refractivity (Wildman–Crippen MR) is 121 cm³/mol. The molecule has 0 aliphatic carbocycles. The number of ether oxygens (including phenoxy) is 1. The molecule has 0 amide bonds. The maximum atomic E-state index is 13.1. The number of aromatic nitrogens is 2. The van der Waals surface area contributed by atoms with E-state index in [9.17, 15) is 48.3 Å². The molecule has 0 spiro atoms. The summed E-state index contributed by atoms with van der Waals surface area (Å²) in [5, 5.41) is 11.9. The lowest BCUT2D eigenvalue weighted by molar-refractivity contribution is -0.370. The number of nitrogens with zero attached hydrogens (tertiary/aromatic N) is 5. The standard InChI is InChI=1S/C19H18F8N6O4S2/c1-3-6-33-9(2)4-5-10-7-11(12(8-13(10)33)32-39(35,36)19(25,26)27)28-30-16-31-29-14(38-16)15(34)37-18(23,24)17(20,21)22/h7-9,32H,3-6H2,1-2H3. The fourth-order valence-corrected chi connectivity index (χ4v) is 4.56. The molecule has 0 saturated heterocycles. The number of hydrogen-bond donors (Lipinski definition) is 1. The highest BCUT2D eigenvalue weighted by Crippen LogP contribution is 2.41. The van der Waals surface area contributed by atoms with Crippen LogP contribution >= 0.6 is 11.3 Å². The number of benzene rings is 1. The summed E-state index contributed by atoms with van der Waals surface area (Å²) in [5.41, 5.74) is -5.57. The van der Waals surface area contributed by atoms with Crippen LogP contribution in [-0.2, 0) is 21.2 Å². The van der Waals surface area contributed by atoms with Crippen molar-refractivity contribution in [1.82, 2.24) is 10.2 Å². The number of rotatable bonds is 8. The Morgan fingerprint density at radius 1 is 1.15 bits per heavy atom. The van der Waals surface area contributed by atoms with Gasteiger partial charge in [-0.2, -0.15) is 43.5 Å². The first-order valence-electron chi connectivity index (χ1n) is 10.8. The van der Waals surface area contributed by atoms with Crippen molar-refractivity contribution in [3.63, 3.8) is 0 Å². The third-order valence-corrected chi connectivity index (χ3v) is 7.15. The number of carbonyl (C=O) groups excluding carboxylic acids is 1. The zero-order valence-electron chi connectivity index (χ0n) is 19.8. The summed E-state index contributed by atoms with van der Waals surface area (Å²) in [4.78, 5) is 13.5. The van der Waals surface area contributed by atoms with Crippen molar-refractivity contribution in [3.05, 3.63) is 22.7 Å². The number of hydrogen-bond acceptors (Lipinski definition) is 10. The lowest BCUT2D eigenvalue weighted by atomic mass is 9.95. The zero-order chi connectivity index (χ0) is 29.4. The molecule has 10 nitrogen and oxygen atoms in total. The van der Waals surface area contributed by atoms with E-state index in [-0.39, 0.29) is 17.4 Å². The first kappa shape index (κ1) is 30.4. The Balaban J connectivity index is 1.97. The average Bonchev–Trinajstić information content (AvgIpc) is 3.27. The molecule has 0 radical (unpaired) electrons. The van der Waals surface area contributed by atoms with E-state index >= 15 is 0 Å². The Kier molecular flexibility index (Phi) is 8.40. The van der Waals surface area contributed by atoms with Crippen molar-refractivity contribution in [2.24, 2.45) is 10.2 Å². The van der Waals surface area contributed by atoms with Crippen LogP contribution in [0.5, 0.6) is 0 Å². The molecule has 1 aliphatic heterocycles. The smallest absolute Gasteiger partial charge is 0.388 e. The highest BCUT2D eigenvalue weighted by Gasteiger charge is 2.62. The molecule has 0 saturated carbocycles. The Bertz CT molecular complexity index is 1360. The molecule has 20 heteroatoms. The van der Waals surface area contributed by atoms with Crippen LogP contribution in [0.2, 0.25) is 0 Å². The third-order valence-electron chi connectivity index (χ3n) is 5.27. The molecule has 1 atom stereocenters. The van der Waals surface area contributed by atoms with Gasteiger partial charge < -0.3 is 9.64 Å². The van der Waals surface area contributed by atoms with E-state index in [2.05, 4.69) is 25.2 Å². The van der Waals surface area contributed by atoms with Crippen LogP contribution in [0.3, 0.4) is 0 Å². The summed E-state index contributed by atoms with van der Waals surface area (Å²) in [6, 6.07) is 2.46. The molecular weight excluding hydrogens is 592 g/mol. The molecule has 39 heavy (non-hydrogen) atoms. The lowest BCUT2D eigenvalue weighted by Gasteiger charge is -2.37. The minimum Gasteiger partial charge on any atom is -0.388 e. The van der Waals surface area contributed by atoms with Gasteiger partial charge in [0.25, 0.3) is 5.13 Å². The number of esters is 1. The summed E-state index contributed by atoms with van der Waals surface area (Å²) in [5.74, 6) is -2.17. The molecule has 1 aromatic heterocycles. The quantitative estimate of drug-likeness (QED) is 0.218. The summed E-state index contributed by atoms with van der Waals surface area (Å²) < 4.78 is 130. The highest BCUT2D eigenvalue weighted by atomic mass is 32.2. The summed E-state index contributed by atoms with van der Waals surface area (Å²) >= 11 is 0.0861. The maximum absolute atomic E-state index is 13.1. The van der Waals surface area contributed by atoms with E-state index in [0.717, 1.165) is 0 Å². The van der Waals surface area contributed by atoms with Crippen LogP contribution in [0.4, 0.5) is 57.3 Å². The molecule has 1 N–H and O–H groups in total. The van der Waals surface area contributed by atoms with Crippen LogP contribution in [0, 0.1) is 0 Å². The number of alkyl halides is 8. The molecule has 216 valence electrons. The van der Waals surface area contributed by atoms with E-state index in [4.69, 9.17) is 0 Å². The van der Waals surface area contributed by atoms with Gasteiger partial charge in [-0.15, -0.1) is 20.4 Å². The minimum absolute atomic E-state index is 0.00120. The fraction of sp³-hybridized carbons (Fsp3) is 0.526. The van der Waals surface area contributed by atoms with Crippen molar-refractivity contribution >= 4 is 49.5 Å². The van der Waals surface area contributed by atoms with Crippen LogP contribution < -0.4 is 9.62 Å². The van der Waals surface area contributed by atoms with Crippen molar-refractivity contribution in [2.45, 2.75) is 56.9 Å². The summed E-state index contributed by atoms with van der Waals surface area (Å²) in [6.45, 7) is 4.30. The van der Waals surface area contributed by atoms with E-state index in [1.54, 1.807) is 0 Å². The highest BCUT2D eigenvalue weighted by molar-refractivity contribution is 7.93. The molecule has 2 heterocycles. The van der Waals surface area contributed by atoms with Crippen LogP contribution in [0.25, 0.3) is 0 Å². The Labute approximate surface area is 219 Å². The summed E-state index contributed by atoms with van der Waals surface area (Å²) in [6.07, 6.45) is -10.2. The predicted octanol–water partition coefficient (Wildman–Crippen LogP) is 6.08. The molecule has 0 fully saturated rings. The average molecular weight is 611 g/mol. The van der Waals surface area contributed by atoms with Crippen molar-refractivity contribution in [2.75, 3.05) is 16.2 Å². The number of fused-ring (bicyclic) bond motifs is 1. The number of carbonyl (C=O) groups is 1. The molecule has 0 bridgehead atoms. The number of sulfonamides is 1. The Morgan fingerprint density at radius 2 is 1.82 bits per heavy atom. The van der Waals surface area contributed by atoms with Gasteiger partial charge in [-0.05, 0) is 43.9 Å². The number of halogens is 8. The van der Waals surface area contributed by atoms with Gasteiger partial charge in [0.2, 0.25) is 5.01 Å². The van der Waals surface area contributed by atoms with E-state index in [0.29, 0.717) is 37.1 Å². The number of anilines is 2. The van der Waals surface area contributed by atoms with Gasteiger partial charge in [0, 0.05) is 18.3 Å². The third kappa shape index (κ3) is 6.71. The first-order chi connectivity index (χ1) is 17.9. The number of aryl methyl sites for hydroxylation is 1.